The van der Waals surface area contributed by atoms with E-state index in [0.29, 0.717) is 42.2 Å². The first-order valence-electron chi connectivity index (χ1n) is 13.5. The predicted octanol–water partition coefficient (Wildman–Crippen LogP) is 5.40. The monoisotopic (exact) mass is 533 g/mol. The maximum atomic E-state index is 14.0. The Kier molecular flexibility index (Phi) is 7.21. The van der Waals surface area contributed by atoms with Crippen LogP contribution in [0.3, 0.4) is 0 Å². The number of nitrogens with zero attached hydrogens (tertiary/aromatic N) is 1. The Balaban J connectivity index is 1.26. The van der Waals surface area contributed by atoms with Crippen molar-refractivity contribution in [2.45, 2.75) is 12.5 Å². The third-order valence-corrected chi connectivity index (χ3v) is 7.68. The van der Waals surface area contributed by atoms with E-state index in [9.17, 15) is 9.59 Å². The van der Waals surface area contributed by atoms with E-state index in [1.165, 1.54) is 0 Å². The highest BCUT2D eigenvalue weighted by Gasteiger charge is 2.39. The van der Waals surface area contributed by atoms with Crippen molar-refractivity contribution in [3.8, 4) is 16.9 Å². The molecule has 0 saturated carbocycles. The number of amides is 1. The minimum atomic E-state index is -0.263. The van der Waals surface area contributed by atoms with E-state index in [0.717, 1.165) is 28.9 Å². The second kappa shape index (κ2) is 11.2. The van der Waals surface area contributed by atoms with E-state index in [1.54, 1.807) is 31.4 Å². The Morgan fingerprint density at radius 3 is 2.70 bits per heavy atom. The zero-order valence-electron chi connectivity index (χ0n) is 22.3. The van der Waals surface area contributed by atoms with Gasteiger partial charge in [-0.1, -0.05) is 60.7 Å². The third-order valence-electron chi connectivity index (χ3n) is 7.68. The third kappa shape index (κ3) is 4.92. The number of hydrogen-bond donors (Lipinski definition) is 2. The SMILES string of the molecule is COc1cc(C(=O)C2CC=CC3=CNC=C4COCCN4C32)ccc1NC(=O)c1ccccc1-c1ccccc1. The number of carbonyl (C=O) groups is 2. The number of anilines is 1. The van der Waals surface area contributed by atoms with Crippen molar-refractivity contribution in [3.05, 3.63) is 120 Å². The highest BCUT2D eigenvalue weighted by atomic mass is 16.5. The number of methoxy groups -OCH3 is 1. The Hall–Kier alpha value is -4.62. The van der Waals surface area contributed by atoms with E-state index < -0.39 is 0 Å². The second-order valence-electron chi connectivity index (χ2n) is 10.0. The highest BCUT2D eigenvalue weighted by molar-refractivity contribution is 6.09. The summed E-state index contributed by atoms with van der Waals surface area (Å²) in [7, 11) is 1.54. The average Bonchev–Trinajstić information content (AvgIpc) is 3.21. The number of ether oxygens (including phenoxy) is 2. The molecule has 2 aliphatic heterocycles. The van der Waals surface area contributed by atoms with Crippen LogP contribution < -0.4 is 15.4 Å². The molecule has 1 aliphatic carbocycles. The molecule has 2 atom stereocenters. The number of benzene rings is 3. The minimum Gasteiger partial charge on any atom is -0.495 e. The molecule has 6 rings (SSSR count). The van der Waals surface area contributed by atoms with Gasteiger partial charge in [-0.05, 0) is 47.4 Å². The molecule has 0 spiro atoms. The van der Waals surface area contributed by atoms with Gasteiger partial charge in [0.2, 0.25) is 0 Å². The van der Waals surface area contributed by atoms with Gasteiger partial charge in [-0.2, -0.15) is 0 Å². The van der Waals surface area contributed by atoms with Crippen molar-refractivity contribution in [2.75, 3.05) is 32.2 Å². The van der Waals surface area contributed by atoms with Gasteiger partial charge in [0.05, 0.1) is 43.7 Å². The number of rotatable bonds is 6. The fourth-order valence-electron chi connectivity index (χ4n) is 5.74. The molecule has 2 heterocycles. The number of fused-ring (bicyclic) bond motifs is 3. The number of nitrogens with one attached hydrogen (secondary N) is 2. The maximum Gasteiger partial charge on any atom is 0.256 e. The molecule has 3 aliphatic rings. The largest absolute Gasteiger partial charge is 0.495 e. The Morgan fingerprint density at radius 2 is 1.85 bits per heavy atom. The first-order chi connectivity index (χ1) is 19.6. The summed E-state index contributed by atoms with van der Waals surface area (Å²) < 4.78 is 11.3. The molecule has 2 N–H and O–H groups in total. The summed E-state index contributed by atoms with van der Waals surface area (Å²) in [5, 5.41) is 6.24. The van der Waals surface area contributed by atoms with E-state index in [1.807, 2.05) is 60.9 Å². The van der Waals surface area contributed by atoms with Gasteiger partial charge in [-0.3, -0.25) is 9.59 Å². The van der Waals surface area contributed by atoms with Crippen molar-refractivity contribution < 1.29 is 19.1 Å². The standard InChI is InChI=1S/C33H31N3O4/c1-39-30-18-23(32(37)28-13-7-10-24-19-34-20-25-21-40-17-16-36(25)31(24)28)14-15-29(30)35-33(38)27-12-6-5-11-26(27)22-8-3-2-4-9-22/h2-12,14-15,18-20,28,31,34H,13,16-17,21H2,1H3,(H,35,38). The van der Waals surface area contributed by atoms with E-state index in [2.05, 4.69) is 27.7 Å². The Morgan fingerprint density at radius 1 is 1.02 bits per heavy atom. The zero-order chi connectivity index (χ0) is 27.5. The van der Waals surface area contributed by atoms with Crippen LogP contribution in [0.5, 0.6) is 5.75 Å². The summed E-state index contributed by atoms with van der Waals surface area (Å²) >= 11 is 0. The van der Waals surface area contributed by atoms with Crippen molar-refractivity contribution in [2.24, 2.45) is 5.92 Å². The summed E-state index contributed by atoms with van der Waals surface area (Å²) in [5.74, 6) is -0.0336. The molecular weight excluding hydrogens is 502 g/mol. The predicted molar refractivity (Wildman–Crippen MR) is 155 cm³/mol. The molecule has 202 valence electrons. The second-order valence-corrected chi connectivity index (χ2v) is 10.0. The molecule has 0 aromatic heterocycles. The van der Waals surface area contributed by atoms with Crippen LogP contribution in [0, 0.1) is 5.92 Å². The van der Waals surface area contributed by atoms with Crippen LogP contribution in [-0.4, -0.2) is 49.5 Å². The summed E-state index contributed by atoms with van der Waals surface area (Å²) in [4.78, 5) is 29.6. The van der Waals surface area contributed by atoms with Gasteiger partial charge < -0.3 is 25.0 Å². The van der Waals surface area contributed by atoms with Crippen LogP contribution in [0.1, 0.15) is 27.1 Å². The maximum absolute atomic E-state index is 14.0. The summed E-state index contributed by atoms with van der Waals surface area (Å²) in [5.41, 5.74) is 5.54. The van der Waals surface area contributed by atoms with Crippen LogP contribution in [0.4, 0.5) is 5.69 Å². The summed E-state index contributed by atoms with van der Waals surface area (Å²) in [6.07, 6.45) is 8.73. The number of allylic oxidation sites excluding steroid dienone is 1. The van der Waals surface area contributed by atoms with Gasteiger partial charge in [0.15, 0.2) is 5.78 Å². The number of carbonyl (C=O) groups excluding carboxylic acids is 2. The van der Waals surface area contributed by atoms with Gasteiger partial charge in [0.1, 0.15) is 5.75 Å². The van der Waals surface area contributed by atoms with E-state index in [-0.39, 0.29) is 23.7 Å². The average molecular weight is 534 g/mol. The lowest BCUT2D eigenvalue weighted by atomic mass is 9.79. The molecule has 1 saturated heterocycles. The first-order valence-corrected chi connectivity index (χ1v) is 13.5. The number of Topliss-reactive ketones (excluding diaryl/α,β-unsaturated/α-hetero) is 1. The minimum absolute atomic E-state index is 0.0404. The molecule has 3 aromatic rings. The van der Waals surface area contributed by atoms with Gasteiger partial charge in [-0.25, -0.2) is 0 Å². The van der Waals surface area contributed by atoms with Crippen LogP contribution in [-0.2, 0) is 4.74 Å². The summed E-state index contributed by atoms with van der Waals surface area (Å²) in [6, 6.07) is 22.5. The zero-order valence-corrected chi connectivity index (χ0v) is 22.3. The molecule has 0 radical (unpaired) electrons. The molecule has 0 bridgehead atoms. The Bertz CT molecular complexity index is 1530. The molecular formula is C33H31N3O4. The van der Waals surface area contributed by atoms with Crippen LogP contribution in [0.2, 0.25) is 0 Å². The smallest absolute Gasteiger partial charge is 0.256 e. The molecule has 40 heavy (non-hydrogen) atoms. The van der Waals surface area contributed by atoms with Gasteiger partial charge >= 0.3 is 0 Å². The van der Waals surface area contributed by atoms with Crippen LogP contribution >= 0.6 is 0 Å². The van der Waals surface area contributed by atoms with Gasteiger partial charge in [-0.15, -0.1) is 0 Å². The van der Waals surface area contributed by atoms with Gasteiger partial charge in [0.25, 0.3) is 5.91 Å². The molecule has 3 aromatic carbocycles. The highest BCUT2D eigenvalue weighted by Crippen LogP contribution is 2.36. The topological polar surface area (TPSA) is 79.9 Å². The molecule has 2 unspecified atom stereocenters. The van der Waals surface area contributed by atoms with Crippen molar-refractivity contribution >= 4 is 17.4 Å². The summed E-state index contributed by atoms with van der Waals surface area (Å²) in [6.45, 7) is 1.87. The fourth-order valence-corrected chi connectivity index (χ4v) is 5.74. The van der Waals surface area contributed by atoms with Crippen molar-refractivity contribution in [1.29, 1.82) is 0 Å². The van der Waals surface area contributed by atoms with E-state index in [4.69, 9.17) is 9.47 Å². The van der Waals surface area contributed by atoms with Crippen molar-refractivity contribution in [1.82, 2.24) is 10.2 Å². The first kappa shape index (κ1) is 25.6. The molecule has 1 fully saturated rings. The number of hydrogen-bond acceptors (Lipinski definition) is 6. The molecule has 7 nitrogen and oxygen atoms in total. The fraction of sp³-hybridized carbons (Fsp3) is 0.212. The number of morpholine rings is 1. The normalized spacial score (nSPS) is 19.7. The van der Waals surface area contributed by atoms with Crippen LogP contribution in [0.25, 0.3) is 11.1 Å². The van der Waals surface area contributed by atoms with Crippen LogP contribution in [0.15, 0.2) is 109 Å². The molecule has 1 amide bonds. The lowest BCUT2D eigenvalue weighted by Gasteiger charge is -2.42. The molecule has 7 heteroatoms. The van der Waals surface area contributed by atoms with Crippen molar-refractivity contribution in [3.63, 3.8) is 0 Å². The number of ketones is 1. The Labute approximate surface area is 233 Å². The lowest BCUT2D eigenvalue weighted by molar-refractivity contribution is 0.0455. The van der Waals surface area contributed by atoms with Gasteiger partial charge in [0, 0.05) is 30.1 Å². The lowest BCUT2D eigenvalue weighted by Crippen LogP contribution is -2.48. The quantitative estimate of drug-likeness (QED) is 0.413. The van der Waals surface area contributed by atoms with E-state index >= 15 is 0 Å².